The van der Waals surface area contributed by atoms with Gasteiger partial charge in [0.15, 0.2) is 5.78 Å². The van der Waals surface area contributed by atoms with E-state index in [1.807, 2.05) is 60.7 Å². The van der Waals surface area contributed by atoms with Crippen molar-refractivity contribution in [3.05, 3.63) is 118 Å². The molecule has 0 aromatic heterocycles. The highest BCUT2D eigenvalue weighted by Crippen LogP contribution is 2.19. The molecule has 0 aliphatic heterocycles. The first-order valence-electron chi connectivity index (χ1n) is 9.94. The van der Waals surface area contributed by atoms with Gasteiger partial charge >= 0.3 is 5.97 Å². The predicted molar refractivity (Wildman–Crippen MR) is 124 cm³/mol. The molecule has 0 saturated heterocycles. The highest BCUT2D eigenvalue weighted by molar-refractivity contribution is 6.34. The highest BCUT2D eigenvalue weighted by atomic mass is 35.5. The predicted octanol–water partition coefficient (Wildman–Crippen LogP) is 5.90. The maximum absolute atomic E-state index is 12.6. The zero-order valence-corrected chi connectivity index (χ0v) is 17.9. The van der Waals surface area contributed by atoms with Crippen LogP contribution in [0.15, 0.2) is 102 Å². The molecule has 0 saturated carbocycles. The Labute approximate surface area is 186 Å². The summed E-state index contributed by atoms with van der Waals surface area (Å²) in [5.41, 5.74) is 2.79. The molecule has 0 N–H and O–H groups in total. The molecule has 5 heteroatoms. The number of rotatable bonds is 8. The fraction of sp³-hybridized carbons (Fsp3) is 0.115. The van der Waals surface area contributed by atoms with Crippen molar-refractivity contribution in [2.24, 2.45) is 4.99 Å². The summed E-state index contributed by atoms with van der Waals surface area (Å²) in [5.74, 6) is -0.789. The average Bonchev–Trinajstić information content (AvgIpc) is 2.80. The second-order valence-corrected chi connectivity index (χ2v) is 7.02. The van der Waals surface area contributed by atoms with E-state index in [2.05, 4.69) is 4.99 Å². The molecule has 0 amide bonds. The van der Waals surface area contributed by atoms with E-state index < -0.39 is 5.97 Å². The number of allylic oxidation sites excluding steroid dienone is 1. The smallest absolute Gasteiger partial charge is 0.356 e. The fourth-order valence-corrected chi connectivity index (χ4v) is 3.22. The Morgan fingerprint density at radius 1 is 0.871 bits per heavy atom. The van der Waals surface area contributed by atoms with Gasteiger partial charge < -0.3 is 4.74 Å². The Kier molecular flexibility index (Phi) is 7.91. The van der Waals surface area contributed by atoms with Crippen molar-refractivity contribution in [1.29, 1.82) is 0 Å². The van der Waals surface area contributed by atoms with Crippen LogP contribution in [0, 0.1) is 0 Å². The van der Waals surface area contributed by atoms with E-state index in [4.69, 9.17) is 16.3 Å². The van der Waals surface area contributed by atoms with Crippen LogP contribution in [0.5, 0.6) is 0 Å². The average molecular weight is 432 g/mol. The second-order valence-electron chi connectivity index (χ2n) is 6.61. The zero-order chi connectivity index (χ0) is 22.1. The molecule has 0 radical (unpaired) electrons. The van der Waals surface area contributed by atoms with E-state index in [0.717, 1.165) is 11.1 Å². The lowest BCUT2D eigenvalue weighted by Gasteiger charge is -2.10. The monoisotopic (exact) mass is 431 g/mol. The number of ether oxygens (including phenoxy) is 1. The third kappa shape index (κ3) is 6.00. The van der Waals surface area contributed by atoms with Gasteiger partial charge in [0.05, 0.1) is 17.3 Å². The third-order valence-corrected chi connectivity index (χ3v) is 4.80. The van der Waals surface area contributed by atoms with E-state index >= 15 is 0 Å². The van der Waals surface area contributed by atoms with Crippen LogP contribution in [0.25, 0.3) is 0 Å². The van der Waals surface area contributed by atoms with Gasteiger partial charge in [0.1, 0.15) is 5.70 Å². The number of carbonyl (C=O) groups is 2. The van der Waals surface area contributed by atoms with Gasteiger partial charge in [0, 0.05) is 23.1 Å². The molecule has 0 heterocycles. The standard InChI is InChI=1S/C26H22ClNO3/c1-2-31-26(30)23(17-18-24(29)21-15-9-10-16-22(21)27)28-25(19-11-5-3-6-12-19)20-13-7-4-8-14-20/h3-17H,2,18H2,1H3/b23-17+. The maximum Gasteiger partial charge on any atom is 0.356 e. The number of esters is 1. The molecule has 156 valence electrons. The van der Waals surface area contributed by atoms with Gasteiger partial charge in [-0.05, 0) is 25.1 Å². The molecule has 31 heavy (non-hydrogen) atoms. The summed E-state index contributed by atoms with van der Waals surface area (Å²) in [5, 5.41) is 0.372. The molecule has 3 aromatic rings. The van der Waals surface area contributed by atoms with E-state index in [0.29, 0.717) is 16.3 Å². The quantitative estimate of drug-likeness (QED) is 0.193. The summed E-state index contributed by atoms with van der Waals surface area (Å²) in [6.45, 7) is 1.93. The largest absolute Gasteiger partial charge is 0.461 e. The van der Waals surface area contributed by atoms with Crippen LogP contribution in [0.3, 0.4) is 0 Å². The second kappa shape index (κ2) is 11.0. The Morgan fingerprint density at radius 2 is 1.42 bits per heavy atom. The number of ketones is 1. The topological polar surface area (TPSA) is 55.7 Å². The minimum absolute atomic E-state index is 0.0295. The summed E-state index contributed by atoms with van der Waals surface area (Å²) in [4.78, 5) is 29.9. The molecule has 0 bridgehead atoms. The molecule has 0 aliphatic rings. The molecule has 0 aliphatic carbocycles. The molecule has 3 rings (SSSR count). The van der Waals surface area contributed by atoms with Crippen LogP contribution in [0.1, 0.15) is 34.8 Å². The molecule has 0 spiro atoms. The summed E-state index contributed by atoms with van der Waals surface area (Å²) in [6.07, 6.45) is 1.47. The third-order valence-electron chi connectivity index (χ3n) is 4.47. The van der Waals surface area contributed by atoms with Gasteiger partial charge in [-0.25, -0.2) is 9.79 Å². The Bertz CT molecular complexity index is 1060. The van der Waals surface area contributed by atoms with Crippen LogP contribution in [-0.4, -0.2) is 24.1 Å². The SMILES string of the molecule is CCOC(=O)/C(=C\CC(=O)c1ccccc1Cl)N=C(c1ccccc1)c1ccccc1. The number of nitrogens with zero attached hydrogens (tertiary/aromatic N) is 1. The van der Waals surface area contributed by atoms with Crippen molar-refractivity contribution in [1.82, 2.24) is 0 Å². The summed E-state index contributed by atoms with van der Waals surface area (Å²) in [6, 6.07) is 25.9. The van der Waals surface area contributed by atoms with E-state index in [-0.39, 0.29) is 24.5 Å². The Balaban J connectivity index is 2.02. The summed E-state index contributed by atoms with van der Waals surface area (Å²) < 4.78 is 5.19. The van der Waals surface area contributed by atoms with Crippen molar-refractivity contribution < 1.29 is 14.3 Å². The number of hydrogen-bond donors (Lipinski definition) is 0. The van der Waals surface area contributed by atoms with Gasteiger partial charge in [0.25, 0.3) is 0 Å². The van der Waals surface area contributed by atoms with Gasteiger partial charge in [-0.15, -0.1) is 0 Å². The van der Waals surface area contributed by atoms with Crippen molar-refractivity contribution >= 4 is 29.1 Å². The number of hydrogen-bond acceptors (Lipinski definition) is 4. The molecular weight excluding hydrogens is 410 g/mol. The summed E-state index contributed by atoms with van der Waals surface area (Å²) >= 11 is 6.13. The molecule has 0 fully saturated rings. The van der Waals surface area contributed by atoms with Gasteiger partial charge in [-0.2, -0.15) is 0 Å². The molecule has 0 atom stereocenters. The summed E-state index contributed by atoms with van der Waals surface area (Å²) in [7, 11) is 0. The van der Waals surface area contributed by atoms with Crippen molar-refractivity contribution in [3.63, 3.8) is 0 Å². The molecular formula is C26H22ClNO3. The normalized spacial score (nSPS) is 11.0. The lowest BCUT2D eigenvalue weighted by molar-refractivity contribution is -0.138. The number of aliphatic imine (C=N–C) groups is 1. The first-order valence-corrected chi connectivity index (χ1v) is 10.3. The lowest BCUT2D eigenvalue weighted by atomic mass is 10.0. The van der Waals surface area contributed by atoms with Crippen LogP contribution in [0.4, 0.5) is 0 Å². The Morgan fingerprint density at radius 3 is 1.97 bits per heavy atom. The Hall–Kier alpha value is -3.50. The lowest BCUT2D eigenvalue weighted by Crippen LogP contribution is -2.11. The van der Waals surface area contributed by atoms with Crippen molar-refractivity contribution in [2.45, 2.75) is 13.3 Å². The highest BCUT2D eigenvalue weighted by Gasteiger charge is 2.16. The van der Waals surface area contributed by atoms with Crippen molar-refractivity contribution in [3.8, 4) is 0 Å². The molecule has 0 unspecified atom stereocenters. The maximum atomic E-state index is 12.6. The van der Waals surface area contributed by atoms with Crippen LogP contribution >= 0.6 is 11.6 Å². The van der Waals surface area contributed by atoms with Crippen molar-refractivity contribution in [2.75, 3.05) is 6.61 Å². The fourth-order valence-electron chi connectivity index (χ4n) is 2.97. The van der Waals surface area contributed by atoms with Gasteiger partial charge in [0.2, 0.25) is 0 Å². The number of Topliss-reactive ketones (excluding diaryl/α,β-unsaturated/α-hetero) is 1. The van der Waals surface area contributed by atoms with Crippen LogP contribution < -0.4 is 0 Å². The van der Waals surface area contributed by atoms with E-state index in [9.17, 15) is 9.59 Å². The van der Waals surface area contributed by atoms with E-state index in [1.54, 1.807) is 31.2 Å². The van der Waals surface area contributed by atoms with Gasteiger partial charge in [-0.1, -0.05) is 84.4 Å². The zero-order valence-electron chi connectivity index (χ0n) is 17.1. The molecule has 4 nitrogen and oxygen atoms in total. The van der Waals surface area contributed by atoms with E-state index in [1.165, 1.54) is 6.08 Å². The minimum atomic E-state index is -0.584. The first-order chi connectivity index (χ1) is 15.1. The number of benzene rings is 3. The molecule has 3 aromatic carbocycles. The number of halogens is 1. The van der Waals surface area contributed by atoms with Gasteiger partial charge in [-0.3, -0.25) is 4.79 Å². The minimum Gasteiger partial charge on any atom is -0.461 e. The van der Waals surface area contributed by atoms with Crippen LogP contribution in [-0.2, 0) is 9.53 Å². The first kappa shape index (κ1) is 22.2. The van der Waals surface area contributed by atoms with Crippen LogP contribution in [0.2, 0.25) is 5.02 Å². The number of carbonyl (C=O) groups excluding carboxylic acids is 2.